The lowest BCUT2D eigenvalue weighted by Crippen LogP contribution is -2.38. The second-order valence-corrected chi connectivity index (χ2v) is 5.57. The third kappa shape index (κ3) is 3.08. The van der Waals surface area contributed by atoms with E-state index in [-0.39, 0.29) is 0 Å². The highest BCUT2D eigenvalue weighted by Gasteiger charge is 2.20. The summed E-state index contributed by atoms with van der Waals surface area (Å²) < 4.78 is 1.17. The van der Waals surface area contributed by atoms with Gasteiger partial charge in [-0.25, -0.2) is 0 Å². The first-order valence-corrected chi connectivity index (χ1v) is 7.07. The Morgan fingerprint density at radius 1 is 1.25 bits per heavy atom. The van der Waals surface area contributed by atoms with Gasteiger partial charge in [0, 0.05) is 17.1 Å². The van der Waals surface area contributed by atoms with E-state index in [0.717, 1.165) is 12.6 Å². The smallest absolute Gasteiger partial charge is 0.0236 e. The van der Waals surface area contributed by atoms with E-state index in [1.165, 1.54) is 42.3 Å². The zero-order valence-electron chi connectivity index (χ0n) is 9.95. The molecule has 0 spiro atoms. The number of hydrogen-bond donors (Lipinski definition) is 0. The topological polar surface area (TPSA) is 3.24 Å². The van der Waals surface area contributed by atoms with Gasteiger partial charge in [0.1, 0.15) is 0 Å². The van der Waals surface area contributed by atoms with Crippen LogP contribution in [0.5, 0.6) is 0 Å². The molecule has 1 aromatic carbocycles. The van der Waals surface area contributed by atoms with Gasteiger partial charge < -0.3 is 0 Å². The number of likely N-dealkylation sites (tertiary alicyclic amines) is 1. The first-order chi connectivity index (χ1) is 7.79. The van der Waals surface area contributed by atoms with E-state index in [9.17, 15) is 0 Å². The van der Waals surface area contributed by atoms with Crippen molar-refractivity contribution in [3.63, 3.8) is 0 Å². The predicted molar refractivity (Wildman–Crippen MR) is 72.5 cm³/mol. The fourth-order valence-electron chi connectivity index (χ4n) is 2.55. The Bertz CT molecular complexity index is 320. The highest BCUT2D eigenvalue weighted by Crippen LogP contribution is 2.22. The zero-order chi connectivity index (χ0) is 11.4. The first kappa shape index (κ1) is 12.1. The van der Waals surface area contributed by atoms with Crippen molar-refractivity contribution in [3.8, 4) is 0 Å². The second-order valence-electron chi connectivity index (χ2n) is 4.65. The summed E-state index contributed by atoms with van der Waals surface area (Å²) in [6.07, 6.45) is 5.45. The summed E-state index contributed by atoms with van der Waals surface area (Å²) >= 11 is 3.48. The van der Waals surface area contributed by atoms with Crippen LogP contribution in [-0.4, -0.2) is 17.5 Å². The normalized spacial score (nSPS) is 22.2. The van der Waals surface area contributed by atoms with Crippen LogP contribution < -0.4 is 0 Å². The predicted octanol–water partition coefficient (Wildman–Crippen LogP) is 4.21. The van der Waals surface area contributed by atoms with Crippen molar-refractivity contribution < 1.29 is 0 Å². The fourth-order valence-corrected chi connectivity index (χ4v) is 2.82. The molecule has 16 heavy (non-hydrogen) atoms. The average molecular weight is 282 g/mol. The molecule has 0 radical (unpaired) electrons. The van der Waals surface area contributed by atoms with Crippen LogP contribution in [0.2, 0.25) is 0 Å². The molecule has 2 rings (SSSR count). The number of nitrogens with zero attached hydrogens (tertiary/aromatic N) is 1. The lowest BCUT2D eigenvalue weighted by molar-refractivity contribution is 0.136. The summed E-state index contributed by atoms with van der Waals surface area (Å²) in [4.78, 5) is 2.65. The summed E-state index contributed by atoms with van der Waals surface area (Å²) in [6, 6.07) is 9.54. The van der Waals surface area contributed by atoms with Crippen molar-refractivity contribution in [2.45, 2.75) is 45.2 Å². The maximum Gasteiger partial charge on any atom is 0.0236 e. The number of hydrogen-bond acceptors (Lipinski definition) is 1. The summed E-state index contributed by atoms with van der Waals surface area (Å²) in [5.41, 5.74) is 1.43. The fraction of sp³-hybridized carbons (Fsp3) is 0.571. The molecule has 88 valence electrons. The zero-order valence-corrected chi connectivity index (χ0v) is 11.5. The third-order valence-electron chi connectivity index (χ3n) is 3.52. The van der Waals surface area contributed by atoms with Crippen LogP contribution in [0.25, 0.3) is 0 Å². The number of halogens is 1. The van der Waals surface area contributed by atoms with Gasteiger partial charge in [-0.2, -0.15) is 0 Å². The maximum absolute atomic E-state index is 3.48. The molecule has 0 aromatic heterocycles. The highest BCUT2D eigenvalue weighted by atomic mass is 79.9. The first-order valence-electron chi connectivity index (χ1n) is 6.28. The Labute approximate surface area is 107 Å². The van der Waals surface area contributed by atoms with Gasteiger partial charge in [0.25, 0.3) is 0 Å². The lowest BCUT2D eigenvalue weighted by atomic mass is 9.99. The molecule has 1 nitrogen and oxygen atoms in total. The molecule has 1 heterocycles. The van der Waals surface area contributed by atoms with Crippen molar-refractivity contribution in [3.05, 3.63) is 34.3 Å². The molecule has 0 aliphatic carbocycles. The molecule has 0 unspecified atom stereocenters. The molecule has 0 amide bonds. The quantitative estimate of drug-likeness (QED) is 0.802. The SMILES string of the molecule is CC[C@@H]1CCCCN1Cc1ccc(Br)cc1. The molecule has 1 aromatic rings. The highest BCUT2D eigenvalue weighted by molar-refractivity contribution is 9.10. The standard InChI is InChI=1S/C14H20BrN/c1-2-14-5-3-4-10-16(14)11-12-6-8-13(15)9-7-12/h6-9,14H,2-5,10-11H2,1H3/t14-/m1/s1. The molecule has 1 aliphatic rings. The van der Waals surface area contributed by atoms with Gasteiger partial charge in [0.15, 0.2) is 0 Å². The Morgan fingerprint density at radius 3 is 2.69 bits per heavy atom. The summed E-state index contributed by atoms with van der Waals surface area (Å²) in [5.74, 6) is 0. The van der Waals surface area contributed by atoms with E-state index in [1.807, 2.05) is 0 Å². The summed E-state index contributed by atoms with van der Waals surface area (Å²) in [6.45, 7) is 4.70. The van der Waals surface area contributed by atoms with Crippen molar-refractivity contribution in [2.24, 2.45) is 0 Å². The van der Waals surface area contributed by atoms with Gasteiger partial charge in [-0.3, -0.25) is 4.90 Å². The van der Waals surface area contributed by atoms with Gasteiger partial charge in [-0.15, -0.1) is 0 Å². The van der Waals surface area contributed by atoms with Crippen LogP contribution >= 0.6 is 15.9 Å². The van der Waals surface area contributed by atoms with Crippen molar-refractivity contribution in [1.29, 1.82) is 0 Å². The third-order valence-corrected chi connectivity index (χ3v) is 4.05. The van der Waals surface area contributed by atoms with E-state index in [4.69, 9.17) is 0 Å². The molecule has 1 fully saturated rings. The van der Waals surface area contributed by atoms with E-state index in [1.54, 1.807) is 0 Å². The Balaban J connectivity index is 1.99. The van der Waals surface area contributed by atoms with Gasteiger partial charge in [0.05, 0.1) is 0 Å². The van der Waals surface area contributed by atoms with Crippen molar-refractivity contribution in [1.82, 2.24) is 4.90 Å². The molecule has 1 atom stereocenters. The number of benzene rings is 1. The molecule has 1 aliphatic heterocycles. The van der Waals surface area contributed by atoms with Crippen LogP contribution in [0.1, 0.15) is 38.2 Å². The van der Waals surface area contributed by atoms with E-state index < -0.39 is 0 Å². The van der Waals surface area contributed by atoms with Crippen LogP contribution in [0.3, 0.4) is 0 Å². The van der Waals surface area contributed by atoms with Crippen LogP contribution in [-0.2, 0) is 6.54 Å². The maximum atomic E-state index is 3.48. The molecule has 0 bridgehead atoms. The molecule has 1 saturated heterocycles. The summed E-state index contributed by atoms with van der Waals surface area (Å²) in [7, 11) is 0. The minimum atomic E-state index is 0.803. The molecular weight excluding hydrogens is 262 g/mol. The second kappa shape index (κ2) is 5.83. The lowest BCUT2D eigenvalue weighted by Gasteiger charge is -2.35. The van der Waals surface area contributed by atoms with Gasteiger partial charge in [-0.05, 0) is 43.5 Å². The van der Waals surface area contributed by atoms with Crippen molar-refractivity contribution >= 4 is 15.9 Å². The van der Waals surface area contributed by atoms with E-state index >= 15 is 0 Å². The van der Waals surface area contributed by atoms with Gasteiger partial charge in [0.2, 0.25) is 0 Å². The Kier molecular flexibility index (Phi) is 4.42. The molecular formula is C14H20BrN. The molecule has 0 saturated carbocycles. The number of piperidine rings is 1. The minimum absolute atomic E-state index is 0.803. The monoisotopic (exact) mass is 281 g/mol. The van der Waals surface area contributed by atoms with E-state index in [2.05, 4.69) is 52.0 Å². The summed E-state index contributed by atoms with van der Waals surface area (Å²) in [5, 5.41) is 0. The largest absolute Gasteiger partial charge is 0.296 e. The Morgan fingerprint density at radius 2 is 2.00 bits per heavy atom. The Hall–Kier alpha value is -0.340. The van der Waals surface area contributed by atoms with Gasteiger partial charge >= 0.3 is 0 Å². The van der Waals surface area contributed by atoms with Crippen LogP contribution in [0.15, 0.2) is 28.7 Å². The number of rotatable bonds is 3. The molecule has 2 heteroatoms. The minimum Gasteiger partial charge on any atom is -0.296 e. The van der Waals surface area contributed by atoms with Gasteiger partial charge in [-0.1, -0.05) is 41.4 Å². The van der Waals surface area contributed by atoms with Crippen molar-refractivity contribution in [2.75, 3.05) is 6.54 Å². The van der Waals surface area contributed by atoms with E-state index in [0.29, 0.717) is 0 Å². The van der Waals surface area contributed by atoms with Crippen LogP contribution in [0, 0.1) is 0 Å². The average Bonchev–Trinajstić information content (AvgIpc) is 2.33. The molecule has 0 N–H and O–H groups in total. The van der Waals surface area contributed by atoms with Crippen LogP contribution in [0.4, 0.5) is 0 Å².